The molecule has 3 rings (SSSR count). The lowest BCUT2D eigenvalue weighted by Gasteiger charge is -2.35. The van der Waals surface area contributed by atoms with Gasteiger partial charge in [0.25, 0.3) is 0 Å². The smallest absolute Gasteiger partial charge is 0.226 e. The molecule has 1 aromatic rings. The first-order valence-corrected chi connectivity index (χ1v) is 7.23. The zero-order valence-corrected chi connectivity index (χ0v) is 11.9. The first-order valence-electron chi connectivity index (χ1n) is 6.82. The van der Waals surface area contributed by atoms with Crippen molar-refractivity contribution in [1.29, 1.82) is 0 Å². The zero-order valence-electron chi connectivity index (χ0n) is 11.1. The van der Waals surface area contributed by atoms with Crippen LogP contribution in [-0.2, 0) is 0 Å². The molecule has 1 saturated carbocycles. The van der Waals surface area contributed by atoms with E-state index in [-0.39, 0.29) is 0 Å². The molecule has 0 aromatic carbocycles. The molecular formula is C12H21N5S. The molecule has 0 bridgehead atoms. The van der Waals surface area contributed by atoms with Gasteiger partial charge in [0.05, 0.1) is 0 Å². The number of nitrogens with one attached hydrogen (secondary N) is 1. The molecule has 0 amide bonds. The normalized spacial score (nSPS) is 21.8. The van der Waals surface area contributed by atoms with E-state index in [2.05, 4.69) is 38.4 Å². The van der Waals surface area contributed by atoms with Crippen LogP contribution in [0.2, 0.25) is 0 Å². The molecule has 100 valence electrons. The standard InChI is InChI=1S/C12H21N5S/c1-9(2)17-11(13-14-12(17)18)16-7-5-15(6-8-16)10-3-4-10/h9-10H,3-8H2,1-2H3,(H,14,18). The third-order valence-electron chi connectivity index (χ3n) is 3.86. The molecular weight excluding hydrogens is 246 g/mol. The van der Waals surface area contributed by atoms with Crippen molar-refractivity contribution >= 4 is 18.2 Å². The largest absolute Gasteiger partial charge is 0.338 e. The van der Waals surface area contributed by atoms with Crippen LogP contribution >= 0.6 is 12.2 Å². The average molecular weight is 267 g/mol. The molecule has 1 saturated heterocycles. The Labute approximate surface area is 113 Å². The number of aromatic nitrogens is 3. The Balaban J connectivity index is 1.73. The van der Waals surface area contributed by atoms with Crippen molar-refractivity contribution < 1.29 is 0 Å². The van der Waals surface area contributed by atoms with Crippen molar-refractivity contribution in [2.75, 3.05) is 31.1 Å². The maximum atomic E-state index is 5.30. The Morgan fingerprint density at radius 1 is 1.22 bits per heavy atom. The molecule has 18 heavy (non-hydrogen) atoms. The van der Waals surface area contributed by atoms with Crippen molar-refractivity contribution in [3.8, 4) is 0 Å². The maximum Gasteiger partial charge on any atom is 0.226 e. The minimum Gasteiger partial charge on any atom is -0.338 e. The van der Waals surface area contributed by atoms with Gasteiger partial charge in [-0.05, 0) is 38.9 Å². The van der Waals surface area contributed by atoms with E-state index >= 15 is 0 Å². The highest BCUT2D eigenvalue weighted by Gasteiger charge is 2.32. The van der Waals surface area contributed by atoms with Gasteiger partial charge >= 0.3 is 0 Å². The number of rotatable bonds is 3. The molecule has 0 unspecified atom stereocenters. The minimum atomic E-state index is 0.354. The van der Waals surface area contributed by atoms with Crippen molar-refractivity contribution in [2.45, 2.75) is 38.8 Å². The molecule has 2 aliphatic rings. The van der Waals surface area contributed by atoms with E-state index in [0.29, 0.717) is 6.04 Å². The third-order valence-corrected chi connectivity index (χ3v) is 4.15. The Morgan fingerprint density at radius 3 is 2.44 bits per heavy atom. The number of anilines is 1. The van der Waals surface area contributed by atoms with Crippen LogP contribution in [0.1, 0.15) is 32.7 Å². The summed E-state index contributed by atoms with van der Waals surface area (Å²) < 4.78 is 2.84. The summed E-state index contributed by atoms with van der Waals surface area (Å²) in [4.78, 5) is 4.96. The van der Waals surface area contributed by atoms with E-state index < -0.39 is 0 Å². The zero-order chi connectivity index (χ0) is 12.7. The van der Waals surface area contributed by atoms with Gasteiger partial charge in [0, 0.05) is 38.3 Å². The summed E-state index contributed by atoms with van der Waals surface area (Å²) in [5.74, 6) is 1.01. The summed E-state index contributed by atoms with van der Waals surface area (Å²) in [7, 11) is 0. The molecule has 0 radical (unpaired) electrons. The van der Waals surface area contributed by atoms with Crippen LogP contribution < -0.4 is 4.90 Å². The Morgan fingerprint density at radius 2 is 1.89 bits per heavy atom. The molecule has 1 N–H and O–H groups in total. The summed E-state index contributed by atoms with van der Waals surface area (Å²) in [5, 5.41) is 7.32. The molecule has 2 heterocycles. The third kappa shape index (κ3) is 2.19. The van der Waals surface area contributed by atoms with E-state index in [1.165, 1.54) is 12.8 Å². The number of nitrogens with zero attached hydrogens (tertiary/aromatic N) is 4. The van der Waals surface area contributed by atoms with Gasteiger partial charge in [-0.3, -0.25) is 9.47 Å². The quantitative estimate of drug-likeness (QED) is 0.848. The molecule has 1 aromatic heterocycles. The first kappa shape index (κ1) is 12.2. The second-order valence-corrected chi connectivity index (χ2v) is 5.93. The minimum absolute atomic E-state index is 0.354. The predicted octanol–water partition coefficient (Wildman–Crippen LogP) is 1.81. The number of hydrogen-bond acceptors (Lipinski definition) is 4. The monoisotopic (exact) mass is 267 g/mol. The number of H-pyrrole nitrogens is 1. The van der Waals surface area contributed by atoms with Gasteiger partial charge in [0.2, 0.25) is 5.95 Å². The molecule has 5 nitrogen and oxygen atoms in total. The fourth-order valence-corrected chi connectivity index (χ4v) is 3.05. The van der Waals surface area contributed by atoms with Crippen LogP contribution in [0.4, 0.5) is 5.95 Å². The van der Waals surface area contributed by atoms with Crippen molar-refractivity contribution in [3.05, 3.63) is 4.77 Å². The van der Waals surface area contributed by atoms with Crippen molar-refractivity contribution in [2.24, 2.45) is 0 Å². The van der Waals surface area contributed by atoms with Crippen molar-refractivity contribution in [3.63, 3.8) is 0 Å². The molecule has 1 aliphatic heterocycles. The molecule has 0 atom stereocenters. The van der Waals surface area contributed by atoms with E-state index in [4.69, 9.17) is 12.2 Å². The summed E-state index contributed by atoms with van der Waals surface area (Å²) in [6.45, 7) is 8.72. The Hall–Kier alpha value is -0.880. The van der Waals surface area contributed by atoms with Crippen LogP contribution in [0, 0.1) is 4.77 Å². The number of piperazine rings is 1. The van der Waals surface area contributed by atoms with Gasteiger partial charge in [0.15, 0.2) is 4.77 Å². The molecule has 1 aliphatic carbocycles. The summed E-state index contributed by atoms with van der Waals surface area (Å²) in [6, 6.07) is 1.23. The van der Waals surface area contributed by atoms with E-state index in [1.54, 1.807) is 0 Å². The average Bonchev–Trinajstić information content (AvgIpc) is 3.12. The van der Waals surface area contributed by atoms with Gasteiger partial charge < -0.3 is 4.90 Å². The molecule has 0 spiro atoms. The highest BCUT2D eigenvalue weighted by Crippen LogP contribution is 2.28. The van der Waals surface area contributed by atoms with Crippen LogP contribution in [-0.4, -0.2) is 51.9 Å². The van der Waals surface area contributed by atoms with Crippen LogP contribution in [0.15, 0.2) is 0 Å². The second-order valence-electron chi connectivity index (χ2n) is 5.55. The number of aromatic amines is 1. The van der Waals surface area contributed by atoms with Gasteiger partial charge in [-0.1, -0.05) is 0 Å². The summed E-state index contributed by atoms with van der Waals surface area (Å²) in [6.07, 6.45) is 2.79. The van der Waals surface area contributed by atoms with Gasteiger partial charge in [-0.15, -0.1) is 5.10 Å². The maximum absolute atomic E-state index is 5.30. The highest BCUT2D eigenvalue weighted by atomic mass is 32.1. The van der Waals surface area contributed by atoms with E-state index in [9.17, 15) is 0 Å². The Bertz CT molecular complexity index is 465. The van der Waals surface area contributed by atoms with Crippen LogP contribution in [0.25, 0.3) is 0 Å². The first-order chi connectivity index (χ1) is 8.66. The fraction of sp³-hybridized carbons (Fsp3) is 0.833. The fourth-order valence-electron chi connectivity index (χ4n) is 2.71. The lowest BCUT2D eigenvalue weighted by atomic mass is 10.3. The van der Waals surface area contributed by atoms with Gasteiger partial charge in [0.1, 0.15) is 0 Å². The SMILES string of the molecule is CC(C)n1c(N2CCN(C3CC3)CC2)n[nH]c1=S. The summed E-state index contributed by atoms with van der Waals surface area (Å²) >= 11 is 5.30. The van der Waals surface area contributed by atoms with Gasteiger partial charge in [-0.2, -0.15) is 0 Å². The molecule has 6 heteroatoms. The molecule has 2 fully saturated rings. The topological polar surface area (TPSA) is 40.1 Å². The number of hydrogen-bond donors (Lipinski definition) is 1. The van der Waals surface area contributed by atoms with E-state index in [0.717, 1.165) is 42.9 Å². The highest BCUT2D eigenvalue weighted by molar-refractivity contribution is 7.71. The lowest BCUT2D eigenvalue weighted by Crippen LogP contribution is -2.48. The van der Waals surface area contributed by atoms with Crippen molar-refractivity contribution in [1.82, 2.24) is 19.7 Å². The van der Waals surface area contributed by atoms with E-state index in [1.807, 2.05) is 0 Å². The summed E-state index contributed by atoms with van der Waals surface area (Å²) in [5.41, 5.74) is 0. The Kier molecular flexibility index (Phi) is 3.15. The lowest BCUT2D eigenvalue weighted by molar-refractivity contribution is 0.246. The van der Waals surface area contributed by atoms with Crippen LogP contribution in [0.5, 0.6) is 0 Å². The predicted molar refractivity (Wildman–Crippen MR) is 74.6 cm³/mol. The second kappa shape index (κ2) is 4.66. The van der Waals surface area contributed by atoms with Crippen LogP contribution in [0.3, 0.4) is 0 Å². The van der Waals surface area contributed by atoms with Gasteiger partial charge in [-0.25, -0.2) is 5.10 Å².